The Balaban J connectivity index is 2.26. The van der Waals surface area contributed by atoms with Crippen molar-refractivity contribution in [2.24, 2.45) is 5.73 Å². The summed E-state index contributed by atoms with van der Waals surface area (Å²) in [6.07, 6.45) is 4.76. The van der Waals surface area contributed by atoms with Gasteiger partial charge in [0, 0.05) is 5.92 Å². The third-order valence-corrected chi connectivity index (χ3v) is 2.28. The lowest BCUT2D eigenvalue weighted by Gasteiger charge is -2.23. The molecule has 2 rings (SSSR count). The van der Waals surface area contributed by atoms with Crippen molar-refractivity contribution in [3.8, 4) is 0 Å². The second kappa shape index (κ2) is 3.08. The smallest absolute Gasteiger partial charge is 0.286 e. The second-order valence-corrected chi connectivity index (χ2v) is 3.16. The molecule has 0 saturated heterocycles. The number of nitrogens with two attached hydrogens (primary N) is 1. The van der Waals surface area contributed by atoms with E-state index in [4.69, 9.17) is 5.73 Å². The molecular weight excluding hydrogens is 168 g/mol. The molecule has 0 spiro atoms. The number of primary amides is 1. The van der Waals surface area contributed by atoms with Gasteiger partial charge in [0.25, 0.3) is 5.91 Å². The first kappa shape index (κ1) is 8.10. The maximum atomic E-state index is 10.8. The number of carbonyl (C=O) groups is 1. The van der Waals surface area contributed by atoms with Gasteiger partial charge in [-0.05, 0) is 12.8 Å². The number of carbonyl (C=O) groups excluding carboxylic acids is 1. The minimum absolute atomic E-state index is 0.0666. The van der Waals surface area contributed by atoms with E-state index in [2.05, 4.69) is 15.0 Å². The first-order chi connectivity index (χ1) is 6.27. The summed E-state index contributed by atoms with van der Waals surface area (Å²) in [7, 11) is 0. The monoisotopic (exact) mass is 178 g/mol. The number of amides is 1. The Morgan fingerprint density at radius 1 is 1.46 bits per heavy atom. The quantitative estimate of drug-likeness (QED) is 0.703. The number of hydrogen-bond acceptors (Lipinski definition) is 4. The van der Waals surface area contributed by atoms with Crippen LogP contribution in [-0.2, 0) is 0 Å². The number of rotatable bonds is 2. The van der Waals surface area contributed by atoms with E-state index in [0.717, 1.165) is 12.8 Å². The van der Waals surface area contributed by atoms with E-state index in [1.165, 1.54) is 12.7 Å². The molecule has 1 saturated carbocycles. The zero-order valence-electron chi connectivity index (χ0n) is 7.10. The van der Waals surface area contributed by atoms with Crippen LogP contribution < -0.4 is 5.73 Å². The predicted molar refractivity (Wildman–Crippen MR) is 44.9 cm³/mol. The van der Waals surface area contributed by atoms with Crippen LogP contribution in [0.2, 0.25) is 0 Å². The van der Waals surface area contributed by atoms with Crippen molar-refractivity contribution >= 4 is 5.91 Å². The minimum Gasteiger partial charge on any atom is -0.363 e. The van der Waals surface area contributed by atoms with Crippen LogP contribution in [0, 0.1) is 0 Å². The zero-order chi connectivity index (χ0) is 9.26. The van der Waals surface area contributed by atoms with Gasteiger partial charge < -0.3 is 5.73 Å². The maximum absolute atomic E-state index is 10.8. The highest BCUT2D eigenvalue weighted by atomic mass is 16.1. The van der Waals surface area contributed by atoms with Gasteiger partial charge in [-0.1, -0.05) is 6.42 Å². The Labute approximate surface area is 75.4 Å². The Morgan fingerprint density at radius 3 is 2.77 bits per heavy atom. The molecule has 1 fully saturated rings. The van der Waals surface area contributed by atoms with Gasteiger partial charge >= 0.3 is 0 Å². The summed E-state index contributed by atoms with van der Waals surface area (Å²) in [5.41, 5.74) is 5.05. The molecule has 13 heavy (non-hydrogen) atoms. The van der Waals surface area contributed by atoms with Crippen LogP contribution in [-0.4, -0.2) is 20.9 Å². The summed E-state index contributed by atoms with van der Waals surface area (Å²) < 4.78 is 0. The Kier molecular flexibility index (Phi) is 1.92. The molecule has 0 aromatic carbocycles. The zero-order valence-corrected chi connectivity index (χ0v) is 7.10. The molecule has 1 aliphatic carbocycles. The Bertz CT molecular complexity index is 335. The molecule has 68 valence electrons. The van der Waals surface area contributed by atoms with Gasteiger partial charge in [-0.3, -0.25) is 4.79 Å². The molecule has 1 aromatic heterocycles. The third kappa shape index (κ3) is 1.49. The van der Waals surface area contributed by atoms with Crippen molar-refractivity contribution in [2.45, 2.75) is 25.2 Å². The molecule has 0 bridgehead atoms. The van der Waals surface area contributed by atoms with E-state index in [9.17, 15) is 4.79 Å². The molecule has 1 heterocycles. The summed E-state index contributed by atoms with van der Waals surface area (Å²) in [6.45, 7) is 0. The van der Waals surface area contributed by atoms with Crippen LogP contribution in [0.4, 0.5) is 0 Å². The summed E-state index contributed by atoms with van der Waals surface area (Å²) in [5, 5.41) is 0. The van der Waals surface area contributed by atoms with Crippen LogP contribution in [0.5, 0.6) is 0 Å². The molecule has 1 aliphatic rings. The van der Waals surface area contributed by atoms with Gasteiger partial charge in [0.2, 0.25) is 5.82 Å². The standard InChI is InChI=1S/C8H10N4O/c9-6(13)8-11-4-10-7(12-8)5-2-1-3-5/h4-5H,1-3H2,(H2,9,13). The highest BCUT2D eigenvalue weighted by Crippen LogP contribution is 2.33. The normalized spacial score (nSPS) is 16.6. The summed E-state index contributed by atoms with van der Waals surface area (Å²) in [5.74, 6) is 0.580. The van der Waals surface area contributed by atoms with E-state index in [1.54, 1.807) is 0 Å². The first-order valence-corrected chi connectivity index (χ1v) is 4.26. The van der Waals surface area contributed by atoms with Crippen molar-refractivity contribution < 1.29 is 4.79 Å². The lowest BCUT2D eigenvalue weighted by molar-refractivity contribution is 0.0989. The molecule has 1 amide bonds. The largest absolute Gasteiger partial charge is 0.363 e. The van der Waals surface area contributed by atoms with E-state index < -0.39 is 5.91 Å². The van der Waals surface area contributed by atoms with Crippen molar-refractivity contribution in [2.75, 3.05) is 0 Å². The highest BCUT2D eigenvalue weighted by Gasteiger charge is 2.23. The molecule has 5 heteroatoms. The minimum atomic E-state index is -0.594. The van der Waals surface area contributed by atoms with Crippen LogP contribution in [0.25, 0.3) is 0 Å². The van der Waals surface area contributed by atoms with Gasteiger partial charge in [-0.15, -0.1) is 0 Å². The maximum Gasteiger partial charge on any atom is 0.286 e. The van der Waals surface area contributed by atoms with Crippen LogP contribution in [0.3, 0.4) is 0 Å². The van der Waals surface area contributed by atoms with E-state index in [1.807, 2.05) is 0 Å². The number of hydrogen-bond donors (Lipinski definition) is 1. The average molecular weight is 178 g/mol. The third-order valence-electron chi connectivity index (χ3n) is 2.28. The van der Waals surface area contributed by atoms with Crippen LogP contribution in [0.15, 0.2) is 6.33 Å². The molecule has 1 aromatic rings. The Morgan fingerprint density at radius 2 is 2.23 bits per heavy atom. The van der Waals surface area contributed by atoms with E-state index in [0.29, 0.717) is 11.7 Å². The average Bonchev–Trinajstić information content (AvgIpc) is 2.01. The summed E-state index contributed by atoms with van der Waals surface area (Å²) in [4.78, 5) is 22.4. The molecule has 5 nitrogen and oxygen atoms in total. The van der Waals surface area contributed by atoms with Crippen molar-refractivity contribution in [1.29, 1.82) is 0 Å². The van der Waals surface area contributed by atoms with E-state index in [-0.39, 0.29) is 5.82 Å². The number of aromatic nitrogens is 3. The molecule has 0 radical (unpaired) electrons. The predicted octanol–water partition coefficient (Wildman–Crippen LogP) is 0.238. The lowest BCUT2D eigenvalue weighted by atomic mass is 9.85. The SMILES string of the molecule is NC(=O)c1ncnc(C2CCC2)n1. The van der Waals surface area contributed by atoms with Gasteiger partial charge in [0.15, 0.2) is 0 Å². The highest BCUT2D eigenvalue weighted by molar-refractivity contribution is 5.88. The van der Waals surface area contributed by atoms with Crippen LogP contribution >= 0.6 is 0 Å². The Hall–Kier alpha value is -1.52. The molecule has 0 aliphatic heterocycles. The van der Waals surface area contributed by atoms with Crippen molar-refractivity contribution in [3.05, 3.63) is 18.0 Å². The van der Waals surface area contributed by atoms with Gasteiger partial charge in [-0.2, -0.15) is 0 Å². The van der Waals surface area contributed by atoms with Crippen molar-refractivity contribution in [1.82, 2.24) is 15.0 Å². The van der Waals surface area contributed by atoms with Crippen molar-refractivity contribution in [3.63, 3.8) is 0 Å². The summed E-state index contributed by atoms with van der Waals surface area (Å²) >= 11 is 0. The fourth-order valence-electron chi connectivity index (χ4n) is 1.29. The topological polar surface area (TPSA) is 81.8 Å². The van der Waals surface area contributed by atoms with Gasteiger partial charge in [0.05, 0.1) is 0 Å². The summed E-state index contributed by atoms with van der Waals surface area (Å²) in [6, 6.07) is 0. The lowest BCUT2D eigenvalue weighted by Crippen LogP contribution is -2.19. The number of nitrogens with zero attached hydrogens (tertiary/aromatic N) is 3. The molecule has 0 atom stereocenters. The first-order valence-electron chi connectivity index (χ1n) is 4.26. The van der Waals surface area contributed by atoms with E-state index >= 15 is 0 Å². The molecule has 0 unspecified atom stereocenters. The fraction of sp³-hybridized carbons (Fsp3) is 0.500. The second-order valence-electron chi connectivity index (χ2n) is 3.16. The fourth-order valence-corrected chi connectivity index (χ4v) is 1.29. The van der Waals surface area contributed by atoms with Gasteiger partial charge in [-0.25, -0.2) is 15.0 Å². The van der Waals surface area contributed by atoms with Gasteiger partial charge in [0.1, 0.15) is 12.2 Å². The molecular formula is C8H10N4O. The van der Waals surface area contributed by atoms with Crippen LogP contribution in [0.1, 0.15) is 41.6 Å². The molecule has 2 N–H and O–H groups in total.